The molecule has 0 aliphatic carbocycles. The molecule has 29 heavy (non-hydrogen) atoms. The van der Waals surface area contributed by atoms with E-state index in [0.717, 1.165) is 22.7 Å². The number of anilines is 1. The van der Waals surface area contributed by atoms with Gasteiger partial charge in [-0.3, -0.25) is 14.5 Å². The highest BCUT2D eigenvalue weighted by Crippen LogP contribution is 2.23. The smallest absolute Gasteiger partial charge is 0.251 e. The number of nitrogens with one attached hydrogen (secondary N) is 1. The van der Waals surface area contributed by atoms with Crippen molar-refractivity contribution in [1.29, 1.82) is 0 Å². The molecule has 7 nitrogen and oxygen atoms in total. The molecule has 0 radical (unpaired) electrons. The van der Waals surface area contributed by atoms with E-state index >= 15 is 0 Å². The number of methoxy groups -OCH3 is 1. The van der Waals surface area contributed by atoms with Crippen molar-refractivity contribution in [2.45, 2.75) is 26.1 Å². The first-order chi connectivity index (χ1) is 14.1. The maximum atomic E-state index is 12.4. The molecule has 0 unspecified atom stereocenters. The van der Waals surface area contributed by atoms with Crippen LogP contribution in [0.25, 0.3) is 0 Å². The molecule has 0 fully saturated rings. The van der Waals surface area contributed by atoms with Crippen molar-refractivity contribution in [3.63, 3.8) is 0 Å². The van der Waals surface area contributed by atoms with Crippen LogP contribution in [-0.4, -0.2) is 28.7 Å². The first-order valence-electron chi connectivity index (χ1n) is 9.46. The van der Waals surface area contributed by atoms with Gasteiger partial charge in [-0.15, -0.1) is 0 Å². The average Bonchev–Trinajstić information content (AvgIpc) is 3.24. The third-order valence-electron chi connectivity index (χ3n) is 4.95. The molecule has 0 spiro atoms. The van der Waals surface area contributed by atoms with E-state index in [1.807, 2.05) is 47.1 Å². The molecule has 7 heteroatoms. The molecule has 148 valence electrons. The summed E-state index contributed by atoms with van der Waals surface area (Å²) in [5, 5.41) is 7.15. The van der Waals surface area contributed by atoms with Gasteiger partial charge in [0.05, 0.1) is 26.4 Å². The number of nitrogens with zero attached hydrogens (tertiary/aromatic N) is 3. The molecule has 1 aliphatic rings. The van der Waals surface area contributed by atoms with E-state index in [4.69, 9.17) is 4.74 Å². The Bertz CT molecular complexity index is 1030. The van der Waals surface area contributed by atoms with Gasteiger partial charge in [0.2, 0.25) is 5.91 Å². The number of aryl methyl sites for hydroxylation is 1. The quantitative estimate of drug-likeness (QED) is 0.702. The molecule has 1 N–H and O–H groups in total. The summed E-state index contributed by atoms with van der Waals surface area (Å²) in [5.74, 6) is 1.50. The van der Waals surface area contributed by atoms with Crippen LogP contribution in [0.2, 0.25) is 0 Å². The highest BCUT2D eigenvalue weighted by atomic mass is 16.5. The number of rotatable bonds is 6. The second-order valence-electron chi connectivity index (χ2n) is 6.87. The second kappa shape index (κ2) is 8.18. The van der Waals surface area contributed by atoms with E-state index in [2.05, 4.69) is 10.4 Å². The SMILES string of the molecule is COc1cccc(CNC(=O)c2ccc(CN3C(=O)CCn4nccc43)cc2)c1. The van der Waals surface area contributed by atoms with Crippen LogP contribution in [0, 0.1) is 0 Å². The van der Waals surface area contributed by atoms with Crippen molar-refractivity contribution in [3.8, 4) is 5.75 Å². The third-order valence-corrected chi connectivity index (χ3v) is 4.95. The molecular formula is C22H22N4O3. The van der Waals surface area contributed by atoms with E-state index in [1.54, 1.807) is 30.3 Å². The summed E-state index contributed by atoms with van der Waals surface area (Å²) in [5.41, 5.74) is 2.50. The van der Waals surface area contributed by atoms with Gasteiger partial charge in [-0.2, -0.15) is 5.10 Å². The number of fused-ring (bicyclic) bond motifs is 1. The molecule has 0 atom stereocenters. The molecule has 0 saturated carbocycles. The minimum absolute atomic E-state index is 0.0816. The lowest BCUT2D eigenvalue weighted by molar-refractivity contribution is -0.119. The minimum atomic E-state index is -0.147. The Labute approximate surface area is 168 Å². The fourth-order valence-electron chi connectivity index (χ4n) is 3.37. The summed E-state index contributed by atoms with van der Waals surface area (Å²) in [6.45, 7) is 1.49. The van der Waals surface area contributed by atoms with Gasteiger partial charge < -0.3 is 10.1 Å². The third kappa shape index (κ3) is 4.13. The van der Waals surface area contributed by atoms with Crippen molar-refractivity contribution in [2.75, 3.05) is 12.0 Å². The fraction of sp³-hybridized carbons (Fsp3) is 0.227. The monoisotopic (exact) mass is 390 g/mol. The van der Waals surface area contributed by atoms with E-state index in [1.165, 1.54) is 0 Å². The Morgan fingerprint density at radius 1 is 1.14 bits per heavy atom. The van der Waals surface area contributed by atoms with Crippen molar-refractivity contribution in [2.24, 2.45) is 0 Å². The molecule has 0 bridgehead atoms. The predicted molar refractivity (Wildman–Crippen MR) is 109 cm³/mol. The number of benzene rings is 2. The minimum Gasteiger partial charge on any atom is -0.497 e. The van der Waals surface area contributed by atoms with Crippen LogP contribution in [0.3, 0.4) is 0 Å². The van der Waals surface area contributed by atoms with Crippen LogP contribution in [0.1, 0.15) is 27.9 Å². The lowest BCUT2D eigenvalue weighted by Crippen LogP contribution is -2.36. The van der Waals surface area contributed by atoms with Crippen molar-refractivity contribution < 1.29 is 14.3 Å². The van der Waals surface area contributed by atoms with Gasteiger partial charge >= 0.3 is 0 Å². The van der Waals surface area contributed by atoms with Crippen LogP contribution in [0.15, 0.2) is 60.8 Å². The van der Waals surface area contributed by atoms with Crippen LogP contribution < -0.4 is 15.0 Å². The molecule has 0 saturated heterocycles. The van der Waals surface area contributed by atoms with Crippen molar-refractivity contribution in [3.05, 3.63) is 77.5 Å². The Hall–Kier alpha value is -3.61. The number of hydrogen-bond donors (Lipinski definition) is 1. The molecular weight excluding hydrogens is 368 g/mol. The lowest BCUT2D eigenvalue weighted by Gasteiger charge is -2.27. The van der Waals surface area contributed by atoms with Gasteiger partial charge in [0.1, 0.15) is 11.6 Å². The maximum absolute atomic E-state index is 12.4. The Balaban J connectivity index is 1.39. The number of carbonyl (C=O) groups excluding carboxylic acids is 2. The number of ether oxygens (including phenoxy) is 1. The molecule has 4 rings (SSSR count). The van der Waals surface area contributed by atoms with Gasteiger partial charge in [-0.05, 0) is 35.4 Å². The zero-order valence-corrected chi connectivity index (χ0v) is 16.2. The van der Waals surface area contributed by atoms with Gasteiger partial charge in [0.25, 0.3) is 5.91 Å². The first kappa shape index (κ1) is 18.7. The van der Waals surface area contributed by atoms with E-state index in [0.29, 0.717) is 31.6 Å². The summed E-state index contributed by atoms with van der Waals surface area (Å²) in [4.78, 5) is 26.5. The van der Waals surface area contributed by atoms with Gasteiger partial charge in [0.15, 0.2) is 0 Å². The van der Waals surface area contributed by atoms with E-state index in [-0.39, 0.29) is 11.8 Å². The van der Waals surface area contributed by atoms with E-state index < -0.39 is 0 Å². The Morgan fingerprint density at radius 3 is 2.76 bits per heavy atom. The molecule has 2 aromatic carbocycles. The Kier molecular flexibility index (Phi) is 5.29. The van der Waals surface area contributed by atoms with Crippen LogP contribution in [0.5, 0.6) is 5.75 Å². The van der Waals surface area contributed by atoms with Crippen LogP contribution in [0.4, 0.5) is 5.82 Å². The fourth-order valence-corrected chi connectivity index (χ4v) is 3.37. The van der Waals surface area contributed by atoms with Crippen LogP contribution >= 0.6 is 0 Å². The molecule has 1 aromatic heterocycles. The molecule has 1 aliphatic heterocycles. The Morgan fingerprint density at radius 2 is 1.97 bits per heavy atom. The summed E-state index contributed by atoms with van der Waals surface area (Å²) in [7, 11) is 1.62. The average molecular weight is 390 g/mol. The molecule has 2 amide bonds. The number of carbonyl (C=O) groups is 2. The highest BCUT2D eigenvalue weighted by molar-refractivity contribution is 5.95. The normalized spacial score (nSPS) is 13.1. The number of aromatic nitrogens is 2. The zero-order chi connectivity index (χ0) is 20.2. The van der Waals surface area contributed by atoms with Crippen LogP contribution in [-0.2, 0) is 24.4 Å². The summed E-state index contributed by atoms with van der Waals surface area (Å²) < 4.78 is 7.04. The molecule has 3 aromatic rings. The number of hydrogen-bond acceptors (Lipinski definition) is 4. The van der Waals surface area contributed by atoms with Crippen molar-refractivity contribution >= 4 is 17.6 Å². The largest absolute Gasteiger partial charge is 0.497 e. The van der Waals surface area contributed by atoms with Crippen molar-refractivity contribution in [1.82, 2.24) is 15.1 Å². The zero-order valence-electron chi connectivity index (χ0n) is 16.2. The summed E-state index contributed by atoms with van der Waals surface area (Å²) >= 11 is 0. The van der Waals surface area contributed by atoms with Gasteiger partial charge in [0, 0.05) is 24.6 Å². The maximum Gasteiger partial charge on any atom is 0.251 e. The predicted octanol–water partition coefficient (Wildman–Crippen LogP) is 2.76. The van der Waals surface area contributed by atoms with E-state index in [9.17, 15) is 9.59 Å². The lowest BCUT2D eigenvalue weighted by atomic mass is 10.1. The first-order valence-corrected chi connectivity index (χ1v) is 9.46. The second-order valence-corrected chi connectivity index (χ2v) is 6.87. The highest BCUT2D eigenvalue weighted by Gasteiger charge is 2.24. The molecule has 2 heterocycles. The summed E-state index contributed by atoms with van der Waals surface area (Å²) in [6.07, 6.45) is 2.15. The summed E-state index contributed by atoms with van der Waals surface area (Å²) in [6, 6.07) is 16.7. The van der Waals surface area contributed by atoms with Gasteiger partial charge in [-0.1, -0.05) is 24.3 Å². The standard InChI is InChI=1S/C22H22N4O3/c1-29-19-4-2-3-17(13-19)14-23-22(28)18-7-5-16(6-8-18)15-25-20-9-11-24-26(20)12-10-21(25)27/h2-9,11,13H,10,12,14-15H2,1H3,(H,23,28). The topological polar surface area (TPSA) is 76.5 Å². The van der Waals surface area contributed by atoms with Gasteiger partial charge in [-0.25, -0.2) is 4.68 Å². The number of amides is 2.